The minimum Gasteiger partial charge on any atom is -0.345 e. The zero-order valence-corrected chi connectivity index (χ0v) is 18.6. The van der Waals surface area contributed by atoms with Crippen molar-refractivity contribution in [3.05, 3.63) is 116 Å². The maximum absolute atomic E-state index is 13.1. The van der Waals surface area contributed by atoms with E-state index in [-0.39, 0.29) is 16.9 Å². The molecule has 1 aromatic carbocycles. The molecule has 162 valence electrons. The van der Waals surface area contributed by atoms with E-state index in [9.17, 15) is 9.59 Å². The molecular weight excluding hydrogens is 420 g/mol. The van der Waals surface area contributed by atoms with Gasteiger partial charge >= 0.3 is 0 Å². The van der Waals surface area contributed by atoms with Crippen LogP contribution in [0.5, 0.6) is 0 Å². The highest BCUT2D eigenvalue weighted by atomic mass is 32.1. The van der Waals surface area contributed by atoms with E-state index in [1.807, 2.05) is 53.3 Å². The molecule has 0 bridgehead atoms. The summed E-state index contributed by atoms with van der Waals surface area (Å²) < 4.78 is 2.03. The normalized spacial score (nSPS) is 10.8. The number of carbonyl (C=O) groups excluding carboxylic acids is 1. The van der Waals surface area contributed by atoms with Gasteiger partial charge in [-0.2, -0.15) is 0 Å². The molecule has 3 heterocycles. The number of pyridine rings is 2. The summed E-state index contributed by atoms with van der Waals surface area (Å²) in [4.78, 5) is 34.8. The van der Waals surface area contributed by atoms with Gasteiger partial charge in [0, 0.05) is 35.2 Å². The summed E-state index contributed by atoms with van der Waals surface area (Å²) in [5.41, 5.74) is 3.48. The third kappa shape index (κ3) is 5.18. The molecule has 0 aliphatic rings. The summed E-state index contributed by atoms with van der Waals surface area (Å²) >= 11 is 1.47. The van der Waals surface area contributed by atoms with Gasteiger partial charge in [0.05, 0.1) is 18.8 Å². The van der Waals surface area contributed by atoms with Crippen molar-refractivity contribution in [2.45, 2.75) is 32.9 Å². The van der Waals surface area contributed by atoms with Crippen LogP contribution in [-0.4, -0.2) is 20.4 Å². The smallest absolute Gasteiger partial charge is 0.257 e. The number of hydrogen-bond acceptors (Lipinski definition) is 5. The van der Waals surface area contributed by atoms with Gasteiger partial charge in [0.25, 0.3) is 5.91 Å². The number of amides is 1. The number of hydrogen-bond donors (Lipinski definition) is 1. The van der Waals surface area contributed by atoms with Gasteiger partial charge in [0.1, 0.15) is 10.6 Å². The lowest BCUT2D eigenvalue weighted by molar-refractivity contribution is 0.0947. The summed E-state index contributed by atoms with van der Waals surface area (Å²) in [5.74, 6) is -0.372. The molecule has 0 saturated heterocycles. The van der Waals surface area contributed by atoms with Crippen molar-refractivity contribution < 1.29 is 4.79 Å². The fourth-order valence-electron chi connectivity index (χ4n) is 3.70. The molecule has 0 radical (unpaired) electrons. The number of carbonyl (C=O) groups is 1. The lowest BCUT2D eigenvalue weighted by atomic mass is 10.0. The zero-order chi connectivity index (χ0) is 22.3. The Morgan fingerprint density at radius 2 is 1.84 bits per heavy atom. The van der Waals surface area contributed by atoms with Crippen LogP contribution in [0.25, 0.3) is 0 Å². The molecule has 0 spiro atoms. The second kappa shape index (κ2) is 10.2. The molecule has 1 N–H and O–H groups in total. The fourth-order valence-corrected chi connectivity index (χ4v) is 4.25. The topological polar surface area (TPSA) is 76.9 Å². The number of aryl methyl sites for hydroxylation is 2. The Hall–Kier alpha value is -3.58. The highest BCUT2D eigenvalue weighted by molar-refractivity contribution is 7.09. The van der Waals surface area contributed by atoms with Crippen molar-refractivity contribution in [3.63, 3.8) is 0 Å². The van der Waals surface area contributed by atoms with E-state index in [0.717, 1.165) is 34.1 Å². The quantitative estimate of drug-likeness (QED) is 0.449. The molecule has 4 rings (SSSR count). The van der Waals surface area contributed by atoms with E-state index >= 15 is 0 Å². The Balaban J connectivity index is 1.71. The minimum absolute atomic E-state index is 0.194. The second-order valence-electron chi connectivity index (χ2n) is 7.47. The van der Waals surface area contributed by atoms with E-state index in [1.54, 1.807) is 12.4 Å². The minimum atomic E-state index is -0.372. The third-order valence-corrected chi connectivity index (χ3v) is 6.06. The van der Waals surface area contributed by atoms with Crippen LogP contribution in [-0.2, 0) is 25.9 Å². The van der Waals surface area contributed by atoms with Gasteiger partial charge in [-0.1, -0.05) is 36.4 Å². The number of thiazole rings is 1. The largest absolute Gasteiger partial charge is 0.345 e. The number of aromatic nitrogens is 3. The van der Waals surface area contributed by atoms with Crippen molar-refractivity contribution in [3.8, 4) is 0 Å². The molecule has 0 saturated carbocycles. The first-order valence-electron chi connectivity index (χ1n) is 10.5. The van der Waals surface area contributed by atoms with Gasteiger partial charge in [-0.15, -0.1) is 11.3 Å². The van der Waals surface area contributed by atoms with Crippen molar-refractivity contribution in [1.82, 2.24) is 19.9 Å². The van der Waals surface area contributed by atoms with Crippen molar-refractivity contribution in [2.24, 2.45) is 0 Å². The van der Waals surface area contributed by atoms with Crippen molar-refractivity contribution >= 4 is 17.2 Å². The predicted molar refractivity (Wildman–Crippen MR) is 126 cm³/mol. The summed E-state index contributed by atoms with van der Waals surface area (Å²) in [5, 5.41) is 5.53. The second-order valence-corrected chi connectivity index (χ2v) is 8.45. The van der Waals surface area contributed by atoms with E-state index in [1.165, 1.54) is 17.4 Å². The molecule has 7 heteroatoms. The van der Waals surface area contributed by atoms with Crippen LogP contribution < -0.4 is 10.7 Å². The molecule has 6 nitrogen and oxygen atoms in total. The molecule has 1 amide bonds. The monoisotopic (exact) mass is 444 g/mol. The first kappa shape index (κ1) is 21.6. The first-order chi connectivity index (χ1) is 15.6. The Bertz CT molecular complexity index is 1240. The van der Waals surface area contributed by atoms with Crippen LogP contribution in [0.2, 0.25) is 0 Å². The predicted octanol–water partition coefficient (Wildman–Crippen LogP) is 3.77. The number of nitrogens with zero attached hydrogens (tertiary/aromatic N) is 3. The van der Waals surface area contributed by atoms with Crippen LogP contribution >= 0.6 is 11.3 Å². The molecule has 0 atom stereocenters. The van der Waals surface area contributed by atoms with Gasteiger partial charge in [-0.25, -0.2) is 4.98 Å². The lowest BCUT2D eigenvalue weighted by Crippen LogP contribution is -2.33. The maximum atomic E-state index is 13.1. The van der Waals surface area contributed by atoms with Crippen LogP contribution in [0, 0.1) is 6.92 Å². The highest BCUT2D eigenvalue weighted by Gasteiger charge is 2.21. The zero-order valence-electron chi connectivity index (χ0n) is 17.8. The summed E-state index contributed by atoms with van der Waals surface area (Å²) in [6.45, 7) is 2.68. The molecule has 4 aromatic rings. The third-order valence-electron chi connectivity index (χ3n) is 5.28. The molecule has 0 unspecified atom stereocenters. The maximum Gasteiger partial charge on any atom is 0.257 e. The van der Waals surface area contributed by atoms with E-state index in [0.29, 0.717) is 19.5 Å². The highest BCUT2D eigenvalue weighted by Crippen LogP contribution is 2.16. The first-order valence-corrected chi connectivity index (χ1v) is 11.3. The SMILES string of the molecule is Cc1cc(=O)c(C(=O)NCc2nccs2)c(CCc2ccccc2)n1Cc1ccccn1. The van der Waals surface area contributed by atoms with E-state index in [2.05, 4.69) is 27.4 Å². The van der Waals surface area contributed by atoms with Crippen LogP contribution in [0.15, 0.2) is 77.2 Å². The molecule has 3 aromatic heterocycles. The van der Waals surface area contributed by atoms with Gasteiger partial charge < -0.3 is 9.88 Å². The van der Waals surface area contributed by atoms with Gasteiger partial charge in [-0.05, 0) is 37.5 Å². The van der Waals surface area contributed by atoms with Crippen LogP contribution in [0.4, 0.5) is 0 Å². The Labute approximate surface area is 190 Å². The average molecular weight is 445 g/mol. The van der Waals surface area contributed by atoms with Gasteiger partial charge in [-0.3, -0.25) is 14.6 Å². The number of rotatable bonds is 8. The Kier molecular flexibility index (Phi) is 6.87. The van der Waals surface area contributed by atoms with Gasteiger partial charge in [0.2, 0.25) is 0 Å². The Morgan fingerprint density at radius 3 is 2.56 bits per heavy atom. The molecule has 0 fully saturated rings. The fraction of sp³-hybridized carbons (Fsp3) is 0.200. The lowest BCUT2D eigenvalue weighted by Gasteiger charge is -2.20. The van der Waals surface area contributed by atoms with Crippen LogP contribution in [0.3, 0.4) is 0 Å². The standard InChI is InChI=1S/C25H24N4O2S/c1-18-15-22(30)24(25(31)28-16-23-27-13-14-32-23)21(11-10-19-7-3-2-4-8-19)29(18)17-20-9-5-6-12-26-20/h2-9,12-15H,10-11,16-17H2,1H3,(H,28,31). The molecule has 32 heavy (non-hydrogen) atoms. The van der Waals surface area contributed by atoms with Crippen molar-refractivity contribution in [2.75, 3.05) is 0 Å². The molecule has 0 aliphatic carbocycles. The van der Waals surface area contributed by atoms with Gasteiger partial charge in [0.15, 0.2) is 5.43 Å². The van der Waals surface area contributed by atoms with E-state index < -0.39 is 0 Å². The number of nitrogens with one attached hydrogen (secondary N) is 1. The number of benzene rings is 1. The van der Waals surface area contributed by atoms with Crippen molar-refractivity contribution in [1.29, 1.82) is 0 Å². The summed E-state index contributed by atoms with van der Waals surface area (Å²) in [6.07, 6.45) is 4.73. The molecule has 0 aliphatic heterocycles. The summed E-state index contributed by atoms with van der Waals surface area (Å²) in [7, 11) is 0. The van der Waals surface area contributed by atoms with E-state index in [4.69, 9.17) is 0 Å². The van der Waals surface area contributed by atoms with Crippen LogP contribution in [0.1, 0.15) is 38.0 Å². The molecular formula is C25H24N4O2S. The Morgan fingerprint density at radius 1 is 1.03 bits per heavy atom. The summed E-state index contributed by atoms with van der Waals surface area (Å²) in [6, 6.07) is 17.4. The average Bonchev–Trinajstić information content (AvgIpc) is 3.33.